The number of nitrogens with zero attached hydrogens (tertiary/aromatic N) is 3. The molecule has 1 aromatic heterocycles. The molecular formula is C33H35F2N3O6. The zero-order chi connectivity index (χ0) is 31.6. The fourth-order valence-corrected chi connectivity index (χ4v) is 5.40. The zero-order valence-corrected chi connectivity index (χ0v) is 25.1. The number of pyridine rings is 1. The maximum Gasteiger partial charge on any atom is 0.387 e. The number of likely N-dealkylation sites (tertiary alicyclic amines) is 1. The fourth-order valence-electron chi connectivity index (χ4n) is 5.40. The number of carbonyl (C=O) groups is 3. The molecule has 3 aromatic rings. The largest absolute Gasteiger partial charge is 0.489 e. The summed E-state index contributed by atoms with van der Waals surface area (Å²) in [5.74, 6) is -1.29. The lowest BCUT2D eigenvalue weighted by atomic mass is 9.89. The first kappa shape index (κ1) is 30.9. The minimum absolute atomic E-state index is 0.0680. The van der Waals surface area contributed by atoms with Crippen LogP contribution in [0.2, 0.25) is 0 Å². The van der Waals surface area contributed by atoms with Crippen LogP contribution < -0.4 is 19.1 Å². The summed E-state index contributed by atoms with van der Waals surface area (Å²) in [6, 6.07) is 16.7. The second-order valence-electron chi connectivity index (χ2n) is 11.6. The second kappa shape index (κ2) is 12.6. The Hall–Kier alpha value is -4.54. The number of carbonyl (C=O) groups excluding carboxylic acids is 3. The van der Waals surface area contributed by atoms with Crippen LogP contribution in [-0.2, 0) is 9.59 Å². The van der Waals surface area contributed by atoms with Crippen molar-refractivity contribution in [2.45, 2.75) is 58.1 Å². The summed E-state index contributed by atoms with van der Waals surface area (Å²) in [5.41, 5.74) is 1.18. The first-order valence-electron chi connectivity index (χ1n) is 14.5. The molecule has 2 aromatic carbocycles. The van der Waals surface area contributed by atoms with Crippen LogP contribution in [0.15, 0.2) is 60.7 Å². The Balaban J connectivity index is 1.34. The van der Waals surface area contributed by atoms with Gasteiger partial charge >= 0.3 is 12.6 Å². The van der Waals surface area contributed by atoms with Gasteiger partial charge in [0.05, 0.1) is 6.61 Å². The van der Waals surface area contributed by atoms with Gasteiger partial charge in [-0.25, -0.2) is 9.78 Å². The highest BCUT2D eigenvalue weighted by atomic mass is 19.3. The maximum absolute atomic E-state index is 13.6. The Kier molecular flexibility index (Phi) is 8.85. The van der Waals surface area contributed by atoms with Gasteiger partial charge in [-0.05, 0) is 74.9 Å². The number of esters is 1. The molecule has 2 amide bonds. The van der Waals surface area contributed by atoms with E-state index in [2.05, 4.69) is 9.72 Å². The molecule has 232 valence electrons. The summed E-state index contributed by atoms with van der Waals surface area (Å²) in [6.45, 7) is 2.53. The van der Waals surface area contributed by atoms with Crippen LogP contribution in [0, 0.1) is 12.8 Å². The van der Waals surface area contributed by atoms with Gasteiger partial charge in [-0.1, -0.05) is 29.8 Å². The van der Waals surface area contributed by atoms with Crippen LogP contribution in [0.1, 0.15) is 60.6 Å². The van der Waals surface area contributed by atoms with Gasteiger partial charge in [0.15, 0.2) is 11.5 Å². The fraction of sp³-hybridized carbons (Fsp3) is 0.394. The molecule has 2 aliphatic rings. The average Bonchev–Trinajstić information content (AvgIpc) is 3.75. The summed E-state index contributed by atoms with van der Waals surface area (Å²) in [4.78, 5) is 46.7. The normalized spacial score (nSPS) is 19.5. The molecule has 0 radical (unpaired) electrons. The number of aromatic nitrogens is 1. The standard InChI is InChI=1S/C33H35F2N3O6/c1-20-8-13-25(14-9-20)37(4)30(40)26-6-5-7-29(36-26)44-31(41)33(3)17-24(18-38(33)21(2)39)23-12-15-27(43-32(34)35)28(16-23)42-19-22-10-11-22/h5-9,12-16,22,24,32H,10-11,17-19H2,1-4H3/t24?,33-/m1/s1. The lowest BCUT2D eigenvalue weighted by molar-refractivity contribution is -0.152. The van der Waals surface area contributed by atoms with Gasteiger partial charge in [0.2, 0.25) is 11.8 Å². The second-order valence-corrected chi connectivity index (χ2v) is 11.6. The molecule has 2 heterocycles. The van der Waals surface area contributed by atoms with E-state index in [4.69, 9.17) is 9.47 Å². The lowest BCUT2D eigenvalue weighted by Crippen LogP contribution is -2.52. The van der Waals surface area contributed by atoms with Crippen LogP contribution in [0.5, 0.6) is 17.4 Å². The molecule has 1 unspecified atom stereocenters. The molecule has 2 fully saturated rings. The van der Waals surface area contributed by atoms with E-state index in [1.54, 1.807) is 32.2 Å². The zero-order valence-electron chi connectivity index (χ0n) is 25.1. The van der Waals surface area contributed by atoms with Crippen molar-refractivity contribution in [1.29, 1.82) is 0 Å². The summed E-state index contributed by atoms with van der Waals surface area (Å²) in [7, 11) is 1.63. The Morgan fingerprint density at radius 2 is 1.80 bits per heavy atom. The van der Waals surface area contributed by atoms with E-state index in [0.717, 1.165) is 18.4 Å². The molecule has 0 bridgehead atoms. The molecule has 1 aliphatic heterocycles. The number of aryl methyl sites for hydroxylation is 1. The lowest BCUT2D eigenvalue weighted by Gasteiger charge is -2.31. The van der Waals surface area contributed by atoms with Gasteiger partial charge in [0, 0.05) is 38.2 Å². The molecule has 5 rings (SSSR count). The van der Waals surface area contributed by atoms with Crippen molar-refractivity contribution in [2.24, 2.45) is 5.92 Å². The van der Waals surface area contributed by atoms with E-state index in [9.17, 15) is 23.2 Å². The number of ether oxygens (including phenoxy) is 3. The van der Waals surface area contributed by atoms with Crippen LogP contribution >= 0.6 is 0 Å². The predicted octanol–water partition coefficient (Wildman–Crippen LogP) is 5.76. The van der Waals surface area contributed by atoms with Gasteiger partial charge in [-0.15, -0.1) is 0 Å². The average molecular weight is 608 g/mol. The predicted molar refractivity (Wildman–Crippen MR) is 158 cm³/mol. The third kappa shape index (κ3) is 6.82. The third-order valence-electron chi connectivity index (χ3n) is 8.15. The highest BCUT2D eigenvalue weighted by molar-refractivity contribution is 6.04. The van der Waals surface area contributed by atoms with Crippen molar-refractivity contribution < 1.29 is 37.4 Å². The van der Waals surface area contributed by atoms with Gasteiger partial charge in [-0.3, -0.25) is 9.59 Å². The maximum atomic E-state index is 13.6. The van der Waals surface area contributed by atoms with Gasteiger partial charge in [-0.2, -0.15) is 8.78 Å². The first-order valence-corrected chi connectivity index (χ1v) is 14.5. The summed E-state index contributed by atoms with van der Waals surface area (Å²) in [6.07, 6.45) is 2.25. The van der Waals surface area contributed by atoms with Crippen LogP contribution in [0.4, 0.5) is 14.5 Å². The first-order chi connectivity index (χ1) is 20.9. The summed E-state index contributed by atoms with van der Waals surface area (Å²) >= 11 is 0. The smallest absolute Gasteiger partial charge is 0.387 e. The summed E-state index contributed by atoms with van der Waals surface area (Å²) in [5, 5.41) is 0. The number of hydrogen-bond acceptors (Lipinski definition) is 7. The number of benzene rings is 2. The Bertz CT molecular complexity index is 1540. The van der Waals surface area contributed by atoms with Crippen molar-refractivity contribution in [1.82, 2.24) is 9.88 Å². The molecule has 2 atom stereocenters. The molecule has 1 aliphatic carbocycles. The Labute approximate surface area is 254 Å². The van der Waals surface area contributed by atoms with Crippen LogP contribution in [0.25, 0.3) is 0 Å². The van der Waals surface area contributed by atoms with Gasteiger partial charge in [0.1, 0.15) is 11.2 Å². The van der Waals surface area contributed by atoms with E-state index in [1.165, 1.54) is 34.9 Å². The SMILES string of the molecule is CC(=O)N1CC(c2ccc(OC(F)F)c(OCC3CC3)c2)C[C@]1(C)C(=O)Oc1cccc(C(=O)N(C)c2ccc(C)cc2)n1. The third-order valence-corrected chi connectivity index (χ3v) is 8.15. The highest BCUT2D eigenvalue weighted by Crippen LogP contribution is 2.43. The minimum Gasteiger partial charge on any atom is -0.489 e. The molecular weight excluding hydrogens is 572 g/mol. The Morgan fingerprint density at radius 3 is 2.45 bits per heavy atom. The van der Waals surface area contributed by atoms with Crippen LogP contribution in [-0.4, -0.2) is 60.0 Å². The molecule has 0 N–H and O–H groups in total. The minimum atomic E-state index is -3.01. The Morgan fingerprint density at radius 1 is 1.07 bits per heavy atom. The number of anilines is 1. The topological polar surface area (TPSA) is 98.3 Å². The van der Waals surface area contributed by atoms with Crippen molar-refractivity contribution in [3.63, 3.8) is 0 Å². The molecule has 11 heteroatoms. The van der Waals surface area contributed by atoms with E-state index in [0.29, 0.717) is 23.8 Å². The van der Waals surface area contributed by atoms with E-state index in [1.807, 2.05) is 31.2 Å². The van der Waals surface area contributed by atoms with Crippen molar-refractivity contribution >= 4 is 23.5 Å². The van der Waals surface area contributed by atoms with Crippen LogP contribution in [0.3, 0.4) is 0 Å². The highest BCUT2D eigenvalue weighted by Gasteiger charge is 2.51. The molecule has 44 heavy (non-hydrogen) atoms. The van der Waals surface area contributed by atoms with E-state index >= 15 is 0 Å². The molecule has 9 nitrogen and oxygen atoms in total. The van der Waals surface area contributed by atoms with Gasteiger partial charge < -0.3 is 24.0 Å². The number of hydrogen-bond donors (Lipinski definition) is 0. The number of rotatable bonds is 10. The number of alkyl halides is 2. The summed E-state index contributed by atoms with van der Waals surface area (Å²) < 4.78 is 42.2. The van der Waals surface area contributed by atoms with E-state index in [-0.39, 0.29) is 53.8 Å². The molecule has 1 saturated heterocycles. The van der Waals surface area contributed by atoms with Gasteiger partial charge in [0.25, 0.3) is 5.91 Å². The monoisotopic (exact) mass is 607 g/mol. The van der Waals surface area contributed by atoms with Crippen molar-refractivity contribution in [2.75, 3.05) is 25.1 Å². The molecule has 1 saturated carbocycles. The van der Waals surface area contributed by atoms with Crippen molar-refractivity contribution in [3.8, 4) is 17.4 Å². The number of halogens is 2. The van der Waals surface area contributed by atoms with E-state index < -0.39 is 18.1 Å². The van der Waals surface area contributed by atoms with Crippen molar-refractivity contribution in [3.05, 3.63) is 77.5 Å². The molecule has 0 spiro atoms. The number of amides is 2. The quantitative estimate of drug-likeness (QED) is 0.271.